The van der Waals surface area contributed by atoms with Crippen molar-refractivity contribution in [3.05, 3.63) is 34.9 Å². The lowest BCUT2D eigenvalue weighted by atomic mass is 9.95. The molecule has 0 aromatic heterocycles. The molecular weight excluding hydrogens is 272 g/mol. The van der Waals surface area contributed by atoms with Crippen LogP contribution >= 0.6 is 11.6 Å². The number of halogens is 1. The van der Waals surface area contributed by atoms with Crippen LogP contribution in [-0.2, 0) is 0 Å². The Morgan fingerprint density at radius 1 is 1.15 bits per heavy atom. The van der Waals surface area contributed by atoms with E-state index in [0.29, 0.717) is 23.2 Å². The topological polar surface area (TPSA) is 41.1 Å². The highest BCUT2D eigenvalue weighted by atomic mass is 35.5. The summed E-state index contributed by atoms with van der Waals surface area (Å²) < 4.78 is 0. The molecule has 0 saturated heterocycles. The number of amides is 1. The molecule has 2 rings (SSSR count). The van der Waals surface area contributed by atoms with E-state index in [0.717, 1.165) is 13.0 Å². The van der Waals surface area contributed by atoms with Crippen molar-refractivity contribution < 1.29 is 4.79 Å². The molecule has 1 saturated carbocycles. The Morgan fingerprint density at radius 2 is 1.90 bits per heavy atom. The average Bonchev–Trinajstić information content (AvgIpc) is 2.48. The van der Waals surface area contributed by atoms with E-state index in [1.807, 2.05) is 12.1 Å². The first-order chi connectivity index (χ1) is 9.77. The van der Waals surface area contributed by atoms with Gasteiger partial charge in [0.1, 0.15) is 0 Å². The monoisotopic (exact) mass is 294 g/mol. The lowest BCUT2D eigenvalue weighted by Crippen LogP contribution is -2.34. The molecule has 1 fully saturated rings. The Bertz CT molecular complexity index is 430. The van der Waals surface area contributed by atoms with Crippen molar-refractivity contribution in [1.29, 1.82) is 0 Å². The summed E-state index contributed by atoms with van der Waals surface area (Å²) in [4.78, 5) is 11.9. The Kier molecular flexibility index (Phi) is 6.34. The summed E-state index contributed by atoms with van der Waals surface area (Å²) in [7, 11) is 0. The number of hydrogen-bond donors (Lipinski definition) is 2. The summed E-state index contributed by atoms with van der Waals surface area (Å²) in [5, 5.41) is 6.99. The van der Waals surface area contributed by atoms with Crippen LogP contribution in [0.1, 0.15) is 48.9 Å². The van der Waals surface area contributed by atoms with Crippen LogP contribution in [0.4, 0.5) is 0 Å². The minimum absolute atomic E-state index is 0.0896. The second-order valence-electron chi connectivity index (χ2n) is 5.38. The fraction of sp³-hybridized carbons (Fsp3) is 0.562. The quantitative estimate of drug-likeness (QED) is 0.790. The number of nitrogens with one attached hydrogen (secondary N) is 2. The van der Waals surface area contributed by atoms with Crippen molar-refractivity contribution in [2.24, 2.45) is 0 Å². The molecule has 0 atom stereocenters. The minimum Gasteiger partial charge on any atom is -0.352 e. The lowest BCUT2D eigenvalue weighted by molar-refractivity contribution is 0.0953. The first kappa shape index (κ1) is 15.3. The average molecular weight is 295 g/mol. The standard InChI is InChI=1S/C16H23ClN2O/c17-15-10-5-4-9-14(15)16(20)19-12-6-11-18-13-7-2-1-3-8-13/h4-5,9-10,13,18H,1-3,6-8,11-12H2,(H,19,20). The van der Waals surface area contributed by atoms with Gasteiger partial charge in [-0.2, -0.15) is 0 Å². The molecule has 3 nitrogen and oxygen atoms in total. The molecular formula is C16H23ClN2O. The summed E-state index contributed by atoms with van der Waals surface area (Å²) in [6.45, 7) is 1.65. The zero-order valence-electron chi connectivity index (χ0n) is 11.8. The van der Waals surface area contributed by atoms with E-state index in [-0.39, 0.29) is 5.91 Å². The van der Waals surface area contributed by atoms with E-state index in [2.05, 4.69) is 10.6 Å². The van der Waals surface area contributed by atoms with E-state index >= 15 is 0 Å². The number of carbonyl (C=O) groups excluding carboxylic acids is 1. The first-order valence-corrected chi connectivity index (χ1v) is 7.91. The molecule has 20 heavy (non-hydrogen) atoms. The van der Waals surface area contributed by atoms with E-state index in [1.54, 1.807) is 12.1 Å². The SMILES string of the molecule is O=C(NCCCNC1CCCCC1)c1ccccc1Cl. The molecule has 1 amide bonds. The van der Waals surface area contributed by atoms with Gasteiger partial charge in [-0.05, 0) is 37.9 Å². The van der Waals surface area contributed by atoms with E-state index in [1.165, 1.54) is 32.1 Å². The van der Waals surface area contributed by atoms with Crippen LogP contribution in [0, 0.1) is 0 Å². The molecule has 0 bridgehead atoms. The van der Waals surface area contributed by atoms with Crippen molar-refractivity contribution in [2.75, 3.05) is 13.1 Å². The Balaban J connectivity index is 1.61. The summed E-state index contributed by atoms with van der Waals surface area (Å²) in [5.41, 5.74) is 0.550. The molecule has 1 aromatic rings. The van der Waals surface area contributed by atoms with Crippen molar-refractivity contribution in [3.8, 4) is 0 Å². The maximum atomic E-state index is 11.9. The molecule has 2 N–H and O–H groups in total. The number of benzene rings is 1. The lowest BCUT2D eigenvalue weighted by Gasteiger charge is -2.22. The Labute approximate surface area is 126 Å². The predicted octanol–water partition coefficient (Wildman–Crippen LogP) is 3.38. The van der Waals surface area contributed by atoms with Crippen LogP contribution in [-0.4, -0.2) is 25.0 Å². The third-order valence-corrected chi connectivity index (χ3v) is 4.13. The maximum Gasteiger partial charge on any atom is 0.252 e. The molecule has 0 radical (unpaired) electrons. The van der Waals surface area contributed by atoms with Crippen LogP contribution in [0.15, 0.2) is 24.3 Å². The van der Waals surface area contributed by atoms with Crippen molar-refractivity contribution in [3.63, 3.8) is 0 Å². The second-order valence-corrected chi connectivity index (χ2v) is 5.79. The van der Waals surface area contributed by atoms with E-state index in [9.17, 15) is 4.79 Å². The summed E-state index contributed by atoms with van der Waals surface area (Å²) in [6.07, 6.45) is 7.62. The van der Waals surface area contributed by atoms with E-state index in [4.69, 9.17) is 11.6 Å². The highest BCUT2D eigenvalue weighted by Crippen LogP contribution is 2.17. The molecule has 1 aliphatic carbocycles. The summed E-state index contributed by atoms with van der Waals surface area (Å²) in [5.74, 6) is -0.0896. The first-order valence-electron chi connectivity index (χ1n) is 7.53. The van der Waals surface area contributed by atoms with Crippen LogP contribution in [0.5, 0.6) is 0 Å². The van der Waals surface area contributed by atoms with Gasteiger partial charge in [-0.25, -0.2) is 0 Å². The largest absolute Gasteiger partial charge is 0.352 e. The van der Waals surface area contributed by atoms with Crippen LogP contribution < -0.4 is 10.6 Å². The van der Waals surface area contributed by atoms with Gasteiger partial charge in [0.15, 0.2) is 0 Å². The van der Waals surface area contributed by atoms with Gasteiger partial charge in [-0.15, -0.1) is 0 Å². The third-order valence-electron chi connectivity index (χ3n) is 3.80. The van der Waals surface area contributed by atoms with Gasteiger partial charge >= 0.3 is 0 Å². The molecule has 1 aliphatic rings. The summed E-state index contributed by atoms with van der Waals surface area (Å²) in [6, 6.07) is 7.82. The molecule has 4 heteroatoms. The van der Waals surface area contributed by atoms with Gasteiger partial charge in [-0.3, -0.25) is 4.79 Å². The zero-order chi connectivity index (χ0) is 14.2. The van der Waals surface area contributed by atoms with Gasteiger partial charge < -0.3 is 10.6 Å². The molecule has 110 valence electrons. The Morgan fingerprint density at radius 3 is 2.65 bits per heavy atom. The van der Waals surface area contributed by atoms with E-state index < -0.39 is 0 Å². The molecule has 0 spiro atoms. The fourth-order valence-electron chi connectivity index (χ4n) is 2.64. The minimum atomic E-state index is -0.0896. The molecule has 0 heterocycles. The fourth-order valence-corrected chi connectivity index (χ4v) is 2.87. The van der Waals surface area contributed by atoms with Gasteiger partial charge in [0.25, 0.3) is 5.91 Å². The number of hydrogen-bond acceptors (Lipinski definition) is 2. The smallest absolute Gasteiger partial charge is 0.252 e. The van der Waals surface area contributed by atoms with Crippen LogP contribution in [0.25, 0.3) is 0 Å². The third kappa shape index (κ3) is 4.80. The molecule has 0 unspecified atom stereocenters. The maximum absolute atomic E-state index is 11.9. The molecule has 1 aromatic carbocycles. The number of rotatable bonds is 6. The molecule has 0 aliphatic heterocycles. The highest BCUT2D eigenvalue weighted by Gasteiger charge is 2.12. The number of carbonyl (C=O) groups is 1. The van der Waals surface area contributed by atoms with Gasteiger partial charge in [0.05, 0.1) is 10.6 Å². The van der Waals surface area contributed by atoms with Crippen LogP contribution in [0.2, 0.25) is 5.02 Å². The summed E-state index contributed by atoms with van der Waals surface area (Å²) >= 11 is 5.99. The zero-order valence-corrected chi connectivity index (χ0v) is 12.6. The Hall–Kier alpha value is -1.06. The van der Waals surface area contributed by atoms with Crippen molar-refractivity contribution in [2.45, 2.75) is 44.6 Å². The normalized spacial score (nSPS) is 16.1. The van der Waals surface area contributed by atoms with Crippen LogP contribution in [0.3, 0.4) is 0 Å². The van der Waals surface area contributed by atoms with Crippen molar-refractivity contribution >= 4 is 17.5 Å². The van der Waals surface area contributed by atoms with Crippen molar-refractivity contribution in [1.82, 2.24) is 10.6 Å². The van der Waals surface area contributed by atoms with Gasteiger partial charge in [0, 0.05) is 12.6 Å². The van der Waals surface area contributed by atoms with Gasteiger partial charge in [0.2, 0.25) is 0 Å². The predicted molar refractivity (Wildman–Crippen MR) is 83.3 cm³/mol. The second kappa shape index (κ2) is 8.28. The van der Waals surface area contributed by atoms with Gasteiger partial charge in [-0.1, -0.05) is 43.0 Å². The highest BCUT2D eigenvalue weighted by molar-refractivity contribution is 6.33.